The van der Waals surface area contributed by atoms with Gasteiger partial charge in [0.05, 0.1) is 0 Å². The maximum atomic E-state index is 2.55. The van der Waals surface area contributed by atoms with Crippen molar-refractivity contribution in [1.29, 1.82) is 0 Å². The van der Waals surface area contributed by atoms with Crippen molar-refractivity contribution in [1.82, 2.24) is 0 Å². The van der Waals surface area contributed by atoms with Crippen molar-refractivity contribution in [3.8, 4) is 0 Å². The zero-order valence-electron chi connectivity index (χ0n) is 9.84. The van der Waals surface area contributed by atoms with Crippen LogP contribution in [-0.4, -0.2) is 0 Å². The lowest BCUT2D eigenvalue weighted by Crippen LogP contribution is -2.13. The quantitative estimate of drug-likeness (QED) is 0.615. The van der Waals surface area contributed by atoms with Gasteiger partial charge in [0.1, 0.15) is 0 Å². The van der Waals surface area contributed by atoms with Gasteiger partial charge in [0.25, 0.3) is 0 Å². The molecule has 0 bridgehead atoms. The predicted molar refractivity (Wildman–Crippen MR) is 66.8 cm³/mol. The molecule has 0 heterocycles. The Morgan fingerprint density at radius 3 is 2.47 bits per heavy atom. The maximum absolute atomic E-state index is 2.55. The van der Waals surface area contributed by atoms with Gasteiger partial charge < -0.3 is 0 Å². The molecular weight excluding hydrogens is 180 g/mol. The van der Waals surface area contributed by atoms with Gasteiger partial charge >= 0.3 is 0 Å². The van der Waals surface area contributed by atoms with E-state index < -0.39 is 0 Å². The molecule has 0 N–H and O–H groups in total. The van der Waals surface area contributed by atoms with Crippen LogP contribution in [0.2, 0.25) is 0 Å². The van der Waals surface area contributed by atoms with Crippen LogP contribution < -0.4 is 0 Å². The monoisotopic (exact) mass is 202 g/mol. The highest BCUT2D eigenvalue weighted by molar-refractivity contribution is 5.41. The molecule has 0 nitrogen and oxygen atoms in total. The molecular formula is C15H22. The number of hydrogen-bond acceptors (Lipinski definition) is 0. The topological polar surface area (TPSA) is 0 Å². The summed E-state index contributed by atoms with van der Waals surface area (Å²) in [6.45, 7) is 2.30. The van der Waals surface area contributed by atoms with Gasteiger partial charge in [-0.25, -0.2) is 0 Å². The summed E-state index contributed by atoms with van der Waals surface area (Å²) >= 11 is 0. The summed E-state index contributed by atoms with van der Waals surface area (Å²) < 4.78 is 0. The SMILES string of the molecule is CCCCC1(C=C2C=CC=C2)CCCC1. The highest BCUT2D eigenvalue weighted by atomic mass is 14.4. The summed E-state index contributed by atoms with van der Waals surface area (Å²) in [5.74, 6) is 0. The second-order valence-corrected chi connectivity index (χ2v) is 5.04. The summed E-state index contributed by atoms with van der Waals surface area (Å²) in [5, 5.41) is 0. The number of rotatable bonds is 4. The van der Waals surface area contributed by atoms with E-state index in [4.69, 9.17) is 0 Å². The first kappa shape index (κ1) is 10.7. The molecule has 0 spiro atoms. The Morgan fingerprint density at radius 2 is 1.87 bits per heavy atom. The molecule has 0 unspecified atom stereocenters. The lowest BCUT2D eigenvalue weighted by molar-refractivity contribution is 0.349. The first-order valence-corrected chi connectivity index (χ1v) is 6.42. The minimum Gasteiger partial charge on any atom is -0.0710 e. The van der Waals surface area contributed by atoms with E-state index in [1.165, 1.54) is 50.5 Å². The summed E-state index contributed by atoms with van der Waals surface area (Å²) in [5.41, 5.74) is 1.98. The Hall–Kier alpha value is -0.780. The first-order valence-electron chi connectivity index (χ1n) is 6.42. The van der Waals surface area contributed by atoms with Crippen LogP contribution in [-0.2, 0) is 0 Å². The van der Waals surface area contributed by atoms with Crippen molar-refractivity contribution in [3.63, 3.8) is 0 Å². The third-order valence-corrected chi connectivity index (χ3v) is 3.79. The fraction of sp³-hybridized carbons (Fsp3) is 0.600. The Balaban J connectivity index is 2.08. The fourth-order valence-corrected chi connectivity index (χ4v) is 2.91. The molecule has 0 amide bonds. The van der Waals surface area contributed by atoms with Gasteiger partial charge in [0, 0.05) is 0 Å². The Morgan fingerprint density at radius 1 is 1.20 bits per heavy atom. The van der Waals surface area contributed by atoms with Crippen molar-refractivity contribution in [2.24, 2.45) is 5.41 Å². The molecule has 0 heteroatoms. The minimum atomic E-state index is 0.546. The maximum Gasteiger partial charge on any atom is -0.0109 e. The van der Waals surface area contributed by atoms with Crippen molar-refractivity contribution < 1.29 is 0 Å². The fourth-order valence-electron chi connectivity index (χ4n) is 2.91. The predicted octanol–water partition coefficient (Wildman–Crippen LogP) is 4.79. The molecule has 0 radical (unpaired) electrons. The van der Waals surface area contributed by atoms with Gasteiger partial charge in [-0.2, -0.15) is 0 Å². The van der Waals surface area contributed by atoms with E-state index in [0.29, 0.717) is 5.41 Å². The van der Waals surface area contributed by atoms with E-state index in [1.54, 1.807) is 0 Å². The van der Waals surface area contributed by atoms with Crippen LogP contribution in [0.4, 0.5) is 0 Å². The molecule has 0 atom stereocenters. The zero-order valence-corrected chi connectivity index (χ0v) is 9.84. The van der Waals surface area contributed by atoms with E-state index in [0.717, 1.165) is 0 Å². The van der Waals surface area contributed by atoms with E-state index in [-0.39, 0.29) is 0 Å². The molecule has 0 aromatic carbocycles. The highest BCUT2D eigenvalue weighted by Crippen LogP contribution is 2.44. The van der Waals surface area contributed by atoms with Crippen LogP contribution >= 0.6 is 0 Å². The standard InChI is InChI=1S/C15H22/c1-2-3-10-15(11-6-7-12-15)13-14-8-4-5-9-14/h4-5,8-9,13H,2-3,6-7,10-12H2,1H3. The average Bonchev–Trinajstić information content (AvgIpc) is 2.88. The number of hydrogen-bond donors (Lipinski definition) is 0. The van der Waals surface area contributed by atoms with Gasteiger partial charge in [-0.15, -0.1) is 0 Å². The van der Waals surface area contributed by atoms with Crippen molar-refractivity contribution in [2.75, 3.05) is 0 Å². The van der Waals surface area contributed by atoms with E-state index in [1.807, 2.05) is 0 Å². The molecule has 1 fully saturated rings. The van der Waals surface area contributed by atoms with Crippen LogP contribution in [0.25, 0.3) is 0 Å². The van der Waals surface area contributed by atoms with Gasteiger partial charge in [0.15, 0.2) is 0 Å². The molecule has 0 aromatic rings. The van der Waals surface area contributed by atoms with Crippen LogP contribution in [0.3, 0.4) is 0 Å². The Bertz CT molecular complexity index is 271. The van der Waals surface area contributed by atoms with Crippen molar-refractivity contribution in [3.05, 3.63) is 36.0 Å². The van der Waals surface area contributed by atoms with Crippen molar-refractivity contribution >= 4 is 0 Å². The minimum absolute atomic E-state index is 0.546. The highest BCUT2D eigenvalue weighted by Gasteiger charge is 2.30. The molecule has 0 aromatic heterocycles. The third-order valence-electron chi connectivity index (χ3n) is 3.79. The normalized spacial score (nSPS) is 22.6. The molecule has 2 rings (SSSR count). The molecule has 0 saturated heterocycles. The second-order valence-electron chi connectivity index (χ2n) is 5.04. The summed E-state index contributed by atoms with van der Waals surface area (Å²) in [4.78, 5) is 0. The molecule has 2 aliphatic rings. The molecule has 82 valence electrons. The van der Waals surface area contributed by atoms with Crippen LogP contribution in [0.1, 0.15) is 51.9 Å². The van der Waals surface area contributed by atoms with Crippen LogP contribution in [0, 0.1) is 5.41 Å². The lowest BCUT2D eigenvalue weighted by atomic mass is 9.79. The first-order chi connectivity index (χ1) is 7.35. The Kier molecular flexibility index (Phi) is 3.45. The lowest BCUT2D eigenvalue weighted by Gasteiger charge is -2.25. The smallest absolute Gasteiger partial charge is 0.0109 e. The van der Waals surface area contributed by atoms with Crippen molar-refractivity contribution in [2.45, 2.75) is 51.9 Å². The van der Waals surface area contributed by atoms with Gasteiger partial charge in [-0.1, -0.05) is 63.0 Å². The molecule has 0 aliphatic heterocycles. The van der Waals surface area contributed by atoms with E-state index >= 15 is 0 Å². The number of allylic oxidation sites excluding steroid dienone is 6. The van der Waals surface area contributed by atoms with E-state index in [2.05, 4.69) is 37.3 Å². The summed E-state index contributed by atoms with van der Waals surface area (Å²) in [6.07, 6.45) is 21.1. The van der Waals surface area contributed by atoms with Gasteiger partial charge in [0.2, 0.25) is 0 Å². The van der Waals surface area contributed by atoms with Gasteiger partial charge in [-0.3, -0.25) is 0 Å². The summed E-state index contributed by atoms with van der Waals surface area (Å²) in [7, 11) is 0. The third kappa shape index (κ3) is 2.62. The second kappa shape index (κ2) is 4.83. The zero-order chi connectivity index (χ0) is 10.6. The molecule has 15 heavy (non-hydrogen) atoms. The largest absolute Gasteiger partial charge is 0.0710 e. The van der Waals surface area contributed by atoms with E-state index in [9.17, 15) is 0 Å². The number of unbranched alkanes of at least 4 members (excludes halogenated alkanes) is 1. The molecule has 2 aliphatic carbocycles. The van der Waals surface area contributed by atoms with Crippen LogP contribution in [0.5, 0.6) is 0 Å². The molecule has 1 saturated carbocycles. The average molecular weight is 202 g/mol. The summed E-state index contributed by atoms with van der Waals surface area (Å²) in [6, 6.07) is 0. The Labute approximate surface area is 93.8 Å². The van der Waals surface area contributed by atoms with Gasteiger partial charge in [-0.05, 0) is 30.3 Å². The van der Waals surface area contributed by atoms with Crippen LogP contribution in [0.15, 0.2) is 36.0 Å².